The van der Waals surface area contributed by atoms with Crippen LogP contribution < -0.4 is 15.8 Å². The lowest BCUT2D eigenvalue weighted by Crippen LogP contribution is -2.52. The average Bonchev–Trinajstić information content (AvgIpc) is 2.50. The number of halogens is 1. The van der Waals surface area contributed by atoms with E-state index >= 15 is 0 Å². The number of anilines is 1. The molecule has 1 aliphatic rings. The van der Waals surface area contributed by atoms with Gasteiger partial charge in [0.2, 0.25) is 5.91 Å². The first-order valence-electron chi connectivity index (χ1n) is 7.46. The highest BCUT2D eigenvalue weighted by Crippen LogP contribution is 2.27. The summed E-state index contributed by atoms with van der Waals surface area (Å²) in [5.74, 6) is 0.667. The molecule has 1 fully saturated rings. The zero-order valence-corrected chi connectivity index (χ0v) is 13.8. The molecule has 124 valence electrons. The van der Waals surface area contributed by atoms with Crippen LogP contribution in [0, 0.1) is 0 Å². The van der Waals surface area contributed by atoms with Crippen molar-refractivity contribution in [1.29, 1.82) is 0 Å². The molecule has 0 heterocycles. The zero-order chi connectivity index (χ0) is 15.1. The van der Waals surface area contributed by atoms with Crippen LogP contribution in [0.25, 0.3) is 0 Å². The molecular weight excluding hydrogens is 304 g/mol. The zero-order valence-electron chi connectivity index (χ0n) is 13.0. The van der Waals surface area contributed by atoms with E-state index in [9.17, 15) is 4.79 Å². The molecule has 0 atom stereocenters. The first-order valence-corrected chi connectivity index (χ1v) is 7.46. The number of methoxy groups -OCH3 is 1. The molecule has 5 nitrogen and oxygen atoms in total. The number of benzene rings is 1. The first kappa shape index (κ1) is 18.7. The minimum Gasteiger partial charge on any atom is -0.491 e. The van der Waals surface area contributed by atoms with Crippen molar-refractivity contribution in [1.82, 2.24) is 0 Å². The largest absolute Gasteiger partial charge is 0.491 e. The van der Waals surface area contributed by atoms with Gasteiger partial charge in [0.25, 0.3) is 0 Å². The third kappa shape index (κ3) is 5.16. The van der Waals surface area contributed by atoms with Crippen LogP contribution in [0.1, 0.15) is 32.1 Å². The van der Waals surface area contributed by atoms with Crippen LogP contribution >= 0.6 is 12.4 Å². The topological polar surface area (TPSA) is 73.6 Å². The fourth-order valence-corrected chi connectivity index (χ4v) is 2.54. The lowest BCUT2D eigenvalue weighted by atomic mass is 9.82. The number of carbonyl (C=O) groups is 1. The molecule has 1 aromatic rings. The Kier molecular flexibility index (Phi) is 7.65. The molecule has 0 unspecified atom stereocenters. The Hall–Kier alpha value is -1.30. The summed E-state index contributed by atoms with van der Waals surface area (Å²) in [5.41, 5.74) is 6.24. The number of hydrogen-bond acceptors (Lipinski definition) is 4. The van der Waals surface area contributed by atoms with E-state index in [1.54, 1.807) is 7.11 Å². The van der Waals surface area contributed by atoms with E-state index in [0.29, 0.717) is 13.2 Å². The summed E-state index contributed by atoms with van der Waals surface area (Å²) in [5, 5.41) is 2.90. The van der Waals surface area contributed by atoms with Gasteiger partial charge in [-0.3, -0.25) is 4.79 Å². The number of nitrogens with one attached hydrogen (secondary N) is 1. The highest BCUT2D eigenvalue weighted by molar-refractivity contribution is 5.98. The van der Waals surface area contributed by atoms with Crippen LogP contribution in [0.3, 0.4) is 0 Å². The summed E-state index contributed by atoms with van der Waals surface area (Å²) >= 11 is 0. The Morgan fingerprint density at radius 1 is 1.18 bits per heavy atom. The minimum atomic E-state index is -0.716. The van der Waals surface area contributed by atoms with Gasteiger partial charge in [-0.1, -0.05) is 19.3 Å². The van der Waals surface area contributed by atoms with Gasteiger partial charge in [0.05, 0.1) is 12.1 Å². The van der Waals surface area contributed by atoms with Crippen molar-refractivity contribution in [2.75, 3.05) is 25.6 Å². The Bertz CT molecular complexity index is 459. The van der Waals surface area contributed by atoms with E-state index in [-0.39, 0.29) is 18.3 Å². The number of amides is 1. The van der Waals surface area contributed by atoms with Gasteiger partial charge in [-0.05, 0) is 37.1 Å². The number of rotatable bonds is 6. The summed E-state index contributed by atoms with van der Waals surface area (Å²) in [6.07, 6.45) is 4.74. The molecule has 0 aliphatic heterocycles. The van der Waals surface area contributed by atoms with Gasteiger partial charge >= 0.3 is 0 Å². The summed E-state index contributed by atoms with van der Waals surface area (Å²) < 4.78 is 10.4. The van der Waals surface area contributed by atoms with E-state index in [1.165, 1.54) is 6.42 Å². The van der Waals surface area contributed by atoms with Gasteiger partial charge < -0.3 is 20.5 Å². The fraction of sp³-hybridized carbons (Fsp3) is 0.562. The summed E-state index contributed by atoms with van der Waals surface area (Å²) in [4.78, 5) is 12.3. The predicted octanol–water partition coefficient (Wildman–Crippen LogP) is 2.73. The smallest absolute Gasteiger partial charge is 0.244 e. The Morgan fingerprint density at radius 2 is 1.82 bits per heavy atom. The van der Waals surface area contributed by atoms with Crippen molar-refractivity contribution >= 4 is 24.0 Å². The molecule has 0 bridgehead atoms. The summed E-state index contributed by atoms with van der Waals surface area (Å²) in [6.45, 7) is 1.06. The molecule has 22 heavy (non-hydrogen) atoms. The Morgan fingerprint density at radius 3 is 2.41 bits per heavy atom. The van der Waals surface area contributed by atoms with E-state index in [2.05, 4.69) is 5.32 Å². The predicted molar refractivity (Wildman–Crippen MR) is 89.7 cm³/mol. The molecule has 1 saturated carbocycles. The molecule has 0 saturated heterocycles. The standard InChI is InChI=1S/C16H24N2O3.ClH/c1-20-11-12-21-14-7-5-13(6-8-14)18-15(19)16(17)9-3-2-4-10-16;/h5-8H,2-4,9-12,17H2,1H3,(H,18,19);1H. The maximum Gasteiger partial charge on any atom is 0.244 e. The molecule has 3 N–H and O–H groups in total. The summed E-state index contributed by atoms with van der Waals surface area (Å²) in [7, 11) is 1.63. The summed E-state index contributed by atoms with van der Waals surface area (Å²) in [6, 6.07) is 7.31. The quantitative estimate of drug-likeness (QED) is 0.787. The highest BCUT2D eigenvalue weighted by atomic mass is 35.5. The van der Waals surface area contributed by atoms with Gasteiger partial charge in [0, 0.05) is 12.8 Å². The number of hydrogen-bond donors (Lipinski definition) is 2. The van der Waals surface area contributed by atoms with E-state index in [4.69, 9.17) is 15.2 Å². The van der Waals surface area contributed by atoms with E-state index < -0.39 is 5.54 Å². The van der Waals surface area contributed by atoms with Crippen LogP contribution in [-0.4, -0.2) is 31.8 Å². The van der Waals surface area contributed by atoms with Crippen LogP contribution in [0.4, 0.5) is 5.69 Å². The van der Waals surface area contributed by atoms with Gasteiger partial charge in [-0.2, -0.15) is 0 Å². The SMILES string of the molecule is COCCOc1ccc(NC(=O)C2(N)CCCCC2)cc1.Cl. The normalized spacial score (nSPS) is 16.5. The van der Waals surface area contributed by atoms with Crippen molar-refractivity contribution in [3.05, 3.63) is 24.3 Å². The second-order valence-corrected chi connectivity index (χ2v) is 5.54. The van der Waals surface area contributed by atoms with E-state index in [1.807, 2.05) is 24.3 Å². The maximum absolute atomic E-state index is 12.3. The lowest BCUT2D eigenvalue weighted by molar-refractivity contribution is -0.122. The molecule has 0 radical (unpaired) electrons. The molecule has 1 aromatic carbocycles. The first-order chi connectivity index (χ1) is 10.1. The molecular formula is C16H25ClN2O3. The highest BCUT2D eigenvalue weighted by Gasteiger charge is 2.35. The Balaban J connectivity index is 0.00000242. The van der Waals surface area contributed by atoms with Crippen molar-refractivity contribution in [2.24, 2.45) is 5.73 Å². The van der Waals surface area contributed by atoms with Gasteiger partial charge in [-0.25, -0.2) is 0 Å². The fourth-order valence-electron chi connectivity index (χ4n) is 2.54. The molecule has 0 aromatic heterocycles. The van der Waals surface area contributed by atoms with Crippen molar-refractivity contribution in [3.8, 4) is 5.75 Å². The minimum absolute atomic E-state index is 0. The molecule has 6 heteroatoms. The molecule has 1 amide bonds. The van der Waals surface area contributed by atoms with Crippen LogP contribution in [0.5, 0.6) is 5.75 Å². The van der Waals surface area contributed by atoms with Crippen molar-refractivity contribution in [2.45, 2.75) is 37.6 Å². The van der Waals surface area contributed by atoms with Crippen LogP contribution in [0.2, 0.25) is 0 Å². The monoisotopic (exact) mass is 328 g/mol. The molecule has 0 spiro atoms. The number of carbonyl (C=O) groups excluding carboxylic acids is 1. The van der Waals surface area contributed by atoms with Crippen LogP contribution in [-0.2, 0) is 9.53 Å². The Labute approximate surface area is 138 Å². The third-order valence-electron chi connectivity index (χ3n) is 3.87. The van der Waals surface area contributed by atoms with Gasteiger partial charge in [0.1, 0.15) is 12.4 Å². The van der Waals surface area contributed by atoms with Crippen molar-refractivity contribution in [3.63, 3.8) is 0 Å². The van der Waals surface area contributed by atoms with E-state index in [0.717, 1.165) is 37.1 Å². The third-order valence-corrected chi connectivity index (χ3v) is 3.87. The second kappa shape index (κ2) is 8.98. The van der Waals surface area contributed by atoms with Gasteiger partial charge in [-0.15, -0.1) is 12.4 Å². The number of ether oxygens (including phenoxy) is 2. The van der Waals surface area contributed by atoms with Gasteiger partial charge in [0.15, 0.2) is 0 Å². The van der Waals surface area contributed by atoms with Crippen LogP contribution in [0.15, 0.2) is 24.3 Å². The maximum atomic E-state index is 12.3. The van der Waals surface area contributed by atoms with Crippen molar-refractivity contribution < 1.29 is 14.3 Å². The lowest BCUT2D eigenvalue weighted by Gasteiger charge is -2.31. The number of nitrogens with two attached hydrogens (primary N) is 1. The molecule has 1 aliphatic carbocycles. The average molecular weight is 329 g/mol. The molecule has 2 rings (SSSR count). The second-order valence-electron chi connectivity index (χ2n) is 5.54.